The largest absolute Gasteiger partial charge is 0.394 e. The zero-order valence-corrected chi connectivity index (χ0v) is 13.0. The molecule has 2 aliphatic rings. The van der Waals surface area contributed by atoms with Gasteiger partial charge in [-0.1, -0.05) is 18.0 Å². The molecule has 2 N–H and O–H groups in total. The Labute approximate surface area is 130 Å². The van der Waals surface area contributed by atoms with Crippen LogP contribution >= 0.6 is 0 Å². The number of carbonyl (C=O) groups is 1. The molecule has 7 heteroatoms. The Bertz CT molecular complexity index is 513. The van der Waals surface area contributed by atoms with Gasteiger partial charge in [-0.15, -0.1) is 0 Å². The van der Waals surface area contributed by atoms with Gasteiger partial charge >= 0.3 is 6.03 Å². The van der Waals surface area contributed by atoms with Crippen LogP contribution in [0.4, 0.5) is 4.79 Å². The van der Waals surface area contributed by atoms with Crippen LogP contribution in [0.5, 0.6) is 0 Å². The van der Waals surface area contributed by atoms with Crippen LogP contribution in [0, 0.1) is 0 Å². The Balaban J connectivity index is 1.59. The number of likely N-dealkylation sites (tertiary alicyclic amines) is 1. The maximum absolute atomic E-state index is 12.3. The van der Waals surface area contributed by atoms with E-state index in [9.17, 15) is 9.90 Å². The minimum absolute atomic E-state index is 0.00812. The number of aliphatic hydroxyl groups is 1. The minimum Gasteiger partial charge on any atom is -0.394 e. The number of nitrogens with zero attached hydrogens (tertiary/aromatic N) is 3. The normalized spacial score (nSPS) is 23.9. The zero-order chi connectivity index (χ0) is 15.5. The van der Waals surface area contributed by atoms with Gasteiger partial charge in [-0.25, -0.2) is 4.79 Å². The zero-order valence-electron chi connectivity index (χ0n) is 13.0. The Morgan fingerprint density at radius 1 is 1.41 bits per heavy atom. The Morgan fingerprint density at radius 3 is 2.91 bits per heavy atom. The Morgan fingerprint density at radius 2 is 2.18 bits per heavy atom. The lowest BCUT2D eigenvalue weighted by atomic mass is 10.1. The van der Waals surface area contributed by atoms with Crippen molar-refractivity contribution in [2.45, 2.75) is 63.5 Å². The van der Waals surface area contributed by atoms with Crippen LogP contribution in [0.15, 0.2) is 4.52 Å². The van der Waals surface area contributed by atoms with Crippen molar-refractivity contribution in [2.24, 2.45) is 0 Å². The first-order chi connectivity index (χ1) is 10.7. The highest BCUT2D eigenvalue weighted by atomic mass is 16.5. The number of hydrogen-bond acceptors (Lipinski definition) is 5. The maximum Gasteiger partial charge on any atom is 0.318 e. The van der Waals surface area contributed by atoms with Crippen LogP contribution in [0.3, 0.4) is 0 Å². The molecule has 1 saturated heterocycles. The first kappa shape index (κ1) is 15.3. The van der Waals surface area contributed by atoms with Crippen LogP contribution < -0.4 is 5.32 Å². The molecule has 1 aliphatic carbocycles. The maximum atomic E-state index is 12.3. The van der Waals surface area contributed by atoms with E-state index in [1.54, 1.807) is 4.90 Å². The molecule has 22 heavy (non-hydrogen) atoms. The molecule has 0 radical (unpaired) electrons. The average Bonchev–Trinajstić information content (AvgIpc) is 3.25. The van der Waals surface area contributed by atoms with Crippen LogP contribution in [0.2, 0.25) is 0 Å². The van der Waals surface area contributed by atoms with E-state index in [-0.39, 0.29) is 24.7 Å². The summed E-state index contributed by atoms with van der Waals surface area (Å²) in [6.45, 7) is 2.53. The van der Waals surface area contributed by atoms with Crippen molar-refractivity contribution in [3.8, 4) is 0 Å². The molecule has 3 rings (SSSR count). The highest BCUT2D eigenvalue weighted by molar-refractivity contribution is 5.75. The molecule has 122 valence electrons. The second-order valence-electron chi connectivity index (χ2n) is 6.32. The van der Waals surface area contributed by atoms with Gasteiger partial charge in [0, 0.05) is 12.5 Å². The summed E-state index contributed by atoms with van der Waals surface area (Å²) < 4.78 is 5.31. The van der Waals surface area contributed by atoms with Gasteiger partial charge in [0.15, 0.2) is 5.82 Å². The van der Waals surface area contributed by atoms with Crippen molar-refractivity contribution in [3.63, 3.8) is 0 Å². The molecule has 0 bridgehead atoms. The first-order valence-corrected chi connectivity index (χ1v) is 8.20. The third kappa shape index (κ3) is 3.09. The number of urea groups is 1. The molecule has 1 aromatic rings. The van der Waals surface area contributed by atoms with Crippen molar-refractivity contribution >= 4 is 6.03 Å². The molecule has 1 aromatic heterocycles. The Kier molecular flexibility index (Phi) is 4.61. The van der Waals surface area contributed by atoms with Gasteiger partial charge < -0.3 is 19.8 Å². The van der Waals surface area contributed by atoms with Crippen LogP contribution in [0.1, 0.15) is 69.1 Å². The van der Waals surface area contributed by atoms with Gasteiger partial charge in [0.2, 0.25) is 5.89 Å². The minimum atomic E-state index is -0.324. The van der Waals surface area contributed by atoms with E-state index in [1.807, 2.05) is 6.92 Å². The van der Waals surface area contributed by atoms with E-state index in [0.29, 0.717) is 18.4 Å². The van der Waals surface area contributed by atoms with Crippen molar-refractivity contribution in [3.05, 3.63) is 11.7 Å². The van der Waals surface area contributed by atoms with Gasteiger partial charge in [-0.3, -0.25) is 0 Å². The summed E-state index contributed by atoms with van der Waals surface area (Å²) in [6.07, 6.45) is 6.46. The molecule has 2 atom stereocenters. The second-order valence-corrected chi connectivity index (χ2v) is 6.32. The van der Waals surface area contributed by atoms with E-state index in [0.717, 1.165) is 31.5 Å². The standard InChI is InChI=1S/C15H24N4O3/c1-10(16-15(21)19-8-4-7-12(19)9-20)14-17-13(18-22-14)11-5-2-3-6-11/h10-12,20H,2-9H2,1H3,(H,16,21)/t10?,12-/m1/s1. The molecule has 1 saturated carbocycles. The summed E-state index contributed by atoms with van der Waals surface area (Å²) in [5.74, 6) is 1.62. The third-order valence-electron chi connectivity index (χ3n) is 4.74. The molecule has 2 heterocycles. The van der Waals surface area contributed by atoms with Crippen LogP contribution in [-0.2, 0) is 0 Å². The molecule has 0 spiro atoms. The van der Waals surface area contributed by atoms with E-state index >= 15 is 0 Å². The molecule has 2 amide bonds. The van der Waals surface area contributed by atoms with Crippen molar-refractivity contribution in [1.29, 1.82) is 0 Å². The van der Waals surface area contributed by atoms with Crippen molar-refractivity contribution < 1.29 is 14.4 Å². The van der Waals surface area contributed by atoms with Crippen molar-refractivity contribution in [1.82, 2.24) is 20.4 Å². The summed E-state index contributed by atoms with van der Waals surface area (Å²) in [5.41, 5.74) is 0. The molecular formula is C15H24N4O3. The van der Waals surface area contributed by atoms with E-state index in [2.05, 4.69) is 15.5 Å². The van der Waals surface area contributed by atoms with Gasteiger partial charge in [0.25, 0.3) is 0 Å². The lowest BCUT2D eigenvalue weighted by Gasteiger charge is -2.24. The number of rotatable bonds is 4. The first-order valence-electron chi connectivity index (χ1n) is 8.20. The monoisotopic (exact) mass is 308 g/mol. The van der Waals surface area contributed by atoms with E-state index < -0.39 is 0 Å². The molecule has 1 aliphatic heterocycles. The lowest BCUT2D eigenvalue weighted by molar-refractivity contribution is 0.153. The average molecular weight is 308 g/mol. The molecular weight excluding hydrogens is 284 g/mol. The predicted octanol–water partition coefficient (Wildman–Crippen LogP) is 1.95. The van der Waals surface area contributed by atoms with Crippen LogP contribution in [-0.4, -0.2) is 45.4 Å². The summed E-state index contributed by atoms with van der Waals surface area (Å²) in [6, 6.07) is -0.580. The fourth-order valence-electron chi connectivity index (χ4n) is 3.40. The second kappa shape index (κ2) is 6.64. The van der Waals surface area contributed by atoms with Gasteiger partial charge in [0.1, 0.15) is 6.04 Å². The number of carbonyl (C=O) groups excluding carboxylic acids is 1. The number of aromatic nitrogens is 2. The molecule has 1 unspecified atom stereocenters. The van der Waals surface area contributed by atoms with Crippen LogP contribution in [0.25, 0.3) is 0 Å². The summed E-state index contributed by atoms with van der Waals surface area (Å²) in [4.78, 5) is 18.4. The van der Waals surface area contributed by atoms with Gasteiger partial charge in [-0.05, 0) is 32.6 Å². The van der Waals surface area contributed by atoms with Crippen molar-refractivity contribution in [2.75, 3.05) is 13.2 Å². The highest BCUT2D eigenvalue weighted by Gasteiger charge is 2.30. The summed E-state index contributed by atoms with van der Waals surface area (Å²) in [7, 11) is 0. The smallest absolute Gasteiger partial charge is 0.318 e. The Hall–Kier alpha value is -1.63. The van der Waals surface area contributed by atoms with E-state index in [1.165, 1.54) is 12.8 Å². The van der Waals surface area contributed by atoms with E-state index in [4.69, 9.17) is 4.52 Å². The molecule has 0 aromatic carbocycles. The fourth-order valence-corrected chi connectivity index (χ4v) is 3.40. The number of amides is 2. The fraction of sp³-hybridized carbons (Fsp3) is 0.800. The topological polar surface area (TPSA) is 91.5 Å². The van der Waals surface area contributed by atoms with Gasteiger partial charge in [-0.2, -0.15) is 4.98 Å². The SMILES string of the molecule is CC(NC(=O)N1CCC[C@@H]1CO)c1nc(C2CCCC2)no1. The predicted molar refractivity (Wildman–Crippen MR) is 79.3 cm³/mol. The molecule has 2 fully saturated rings. The lowest BCUT2D eigenvalue weighted by Crippen LogP contribution is -2.45. The molecule has 7 nitrogen and oxygen atoms in total. The number of aliphatic hydroxyl groups excluding tert-OH is 1. The quantitative estimate of drug-likeness (QED) is 0.887. The number of hydrogen-bond donors (Lipinski definition) is 2. The van der Waals surface area contributed by atoms with Gasteiger partial charge in [0.05, 0.1) is 12.6 Å². The summed E-state index contributed by atoms with van der Waals surface area (Å²) >= 11 is 0. The summed E-state index contributed by atoms with van der Waals surface area (Å²) in [5, 5.41) is 16.2. The highest BCUT2D eigenvalue weighted by Crippen LogP contribution is 2.32. The third-order valence-corrected chi connectivity index (χ3v) is 4.74. The number of nitrogens with one attached hydrogen (secondary N) is 1.